The fourth-order valence-electron chi connectivity index (χ4n) is 2.08. The first-order chi connectivity index (χ1) is 11.2. The van der Waals surface area contributed by atoms with Gasteiger partial charge in [0, 0.05) is 30.7 Å². The van der Waals surface area contributed by atoms with Gasteiger partial charge in [0.25, 0.3) is 5.91 Å². The van der Waals surface area contributed by atoms with Crippen LogP contribution < -0.4 is 15.7 Å². The summed E-state index contributed by atoms with van der Waals surface area (Å²) in [5.41, 5.74) is 4.20. The number of nitrogens with one attached hydrogen (secondary N) is 2. The van der Waals surface area contributed by atoms with Crippen molar-refractivity contribution in [3.63, 3.8) is 0 Å². The second-order valence-corrected chi connectivity index (χ2v) is 7.42. The Hall–Kier alpha value is -2.29. The number of rotatable bonds is 6. The molecule has 0 aliphatic carbocycles. The monoisotopic (exact) mass is 357 g/mol. The highest BCUT2D eigenvalue weighted by molar-refractivity contribution is 7.91. The molecule has 0 saturated heterocycles. The van der Waals surface area contributed by atoms with Crippen molar-refractivity contribution < 1.29 is 22.8 Å². The second-order valence-electron chi connectivity index (χ2n) is 5.28. The summed E-state index contributed by atoms with van der Waals surface area (Å²) in [6, 6.07) is 5.55. The van der Waals surface area contributed by atoms with Gasteiger partial charge in [-0.1, -0.05) is 0 Å². The lowest BCUT2D eigenvalue weighted by Crippen LogP contribution is -2.33. The van der Waals surface area contributed by atoms with Gasteiger partial charge < -0.3 is 9.74 Å². The van der Waals surface area contributed by atoms with E-state index in [-0.39, 0.29) is 0 Å². The van der Waals surface area contributed by atoms with Crippen LogP contribution in [0.25, 0.3) is 0 Å². The SMILES string of the molecule is CCN(CC)c1ccc(NC(=O)ONC(=O)CS(C)(=O)=O)c(C)c1. The van der Waals surface area contributed by atoms with Crippen LogP contribution >= 0.6 is 0 Å². The number of hydrogen-bond acceptors (Lipinski definition) is 6. The molecule has 0 heterocycles. The van der Waals surface area contributed by atoms with Crippen molar-refractivity contribution >= 4 is 33.2 Å². The van der Waals surface area contributed by atoms with Gasteiger partial charge in [-0.3, -0.25) is 10.1 Å². The number of hydrogen-bond donors (Lipinski definition) is 2. The summed E-state index contributed by atoms with van der Waals surface area (Å²) in [7, 11) is -3.48. The predicted molar refractivity (Wildman–Crippen MR) is 92.7 cm³/mol. The number of benzene rings is 1. The minimum Gasteiger partial charge on any atom is -0.372 e. The summed E-state index contributed by atoms with van der Waals surface area (Å²) in [6.45, 7) is 7.70. The number of carbonyl (C=O) groups excluding carboxylic acids is 2. The van der Waals surface area contributed by atoms with Gasteiger partial charge in [-0.25, -0.2) is 13.2 Å². The van der Waals surface area contributed by atoms with E-state index in [0.717, 1.165) is 30.6 Å². The number of amides is 2. The zero-order chi connectivity index (χ0) is 18.3. The van der Waals surface area contributed by atoms with Gasteiger partial charge in [0.2, 0.25) is 0 Å². The van der Waals surface area contributed by atoms with E-state index in [2.05, 4.69) is 28.9 Å². The number of carbonyl (C=O) groups is 2. The minimum atomic E-state index is -3.48. The molecular formula is C15H23N3O5S. The number of anilines is 2. The molecule has 0 saturated carbocycles. The van der Waals surface area contributed by atoms with Crippen LogP contribution in [0.2, 0.25) is 0 Å². The van der Waals surface area contributed by atoms with E-state index in [1.807, 2.05) is 19.1 Å². The predicted octanol–water partition coefficient (Wildman–Crippen LogP) is 1.47. The molecule has 1 rings (SSSR count). The lowest BCUT2D eigenvalue weighted by molar-refractivity contribution is -0.126. The summed E-state index contributed by atoms with van der Waals surface area (Å²) in [5.74, 6) is -1.67. The maximum absolute atomic E-state index is 11.7. The molecule has 134 valence electrons. The second kappa shape index (κ2) is 8.53. The van der Waals surface area contributed by atoms with Gasteiger partial charge in [-0.05, 0) is 44.5 Å². The normalized spacial score (nSPS) is 10.8. The Bertz CT molecular complexity index is 699. The van der Waals surface area contributed by atoms with Gasteiger partial charge in [-0.15, -0.1) is 0 Å². The lowest BCUT2D eigenvalue weighted by Gasteiger charge is -2.22. The van der Waals surface area contributed by atoms with Gasteiger partial charge >= 0.3 is 6.09 Å². The largest absolute Gasteiger partial charge is 0.436 e. The van der Waals surface area contributed by atoms with Gasteiger partial charge in [-0.2, -0.15) is 5.48 Å². The highest BCUT2D eigenvalue weighted by atomic mass is 32.2. The van der Waals surface area contributed by atoms with Crippen LogP contribution in [0.1, 0.15) is 19.4 Å². The number of aryl methyl sites for hydroxylation is 1. The summed E-state index contributed by atoms with van der Waals surface area (Å²) in [6.07, 6.45) is 0.00327. The smallest absolute Gasteiger partial charge is 0.372 e. The van der Waals surface area contributed by atoms with Crippen molar-refractivity contribution in [3.8, 4) is 0 Å². The first kappa shape index (κ1) is 19.8. The molecule has 0 aliphatic heterocycles. The molecular weight excluding hydrogens is 334 g/mol. The topological polar surface area (TPSA) is 105 Å². The fraction of sp³-hybridized carbons (Fsp3) is 0.467. The summed E-state index contributed by atoms with van der Waals surface area (Å²) in [4.78, 5) is 29.6. The lowest BCUT2D eigenvalue weighted by atomic mass is 10.1. The maximum atomic E-state index is 11.7. The van der Waals surface area contributed by atoms with E-state index >= 15 is 0 Å². The van der Waals surface area contributed by atoms with Gasteiger partial charge in [0.15, 0.2) is 9.84 Å². The summed E-state index contributed by atoms with van der Waals surface area (Å²) >= 11 is 0. The molecule has 2 N–H and O–H groups in total. The molecule has 0 fully saturated rings. The van der Waals surface area contributed by atoms with Crippen LogP contribution in [0.3, 0.4) is 0 Å². The molecule has 0 unspecified atom stereocenters. The maximum Gasteiger partial charge on any atom is 0.436 e. The number of nitrogens with zero attached hydrogens (tertiary/aromatic N) is 1. The van der Waals surface area contributed by atoms with Crippen LogP contribution in [-0.2, 0) is 19.5 Å². The van der Waals surface area contributed by atoms with Crippen LogP contribution in [0, 0.1) is 6.92 Å². The minimum absolute atomic E-state index is 0.535. The van der Waals surface area contributed by atoms with Crippen molar-refractivity contribution in [3.05, 3.63) is 23.8 Å². The third-order valence-corrected chi connectivity index (χ3v) is 4.01. The zero-order valence-electron chi connectivity index (χ0n) is 14.3. The van der Waals surface area contributed by atoms with E-state index in [0.29, 0.717) is 5.69 Å². The van der Waals surface area contributed by atoms with E-state index in [1.165, 1.54) is 0 Å². The molecule has 0 bridgehead atoms. The van der Waals surface area contributed by atoms with Crippen molar-refractivity contribution in [1.82, 2.24) is 5.48 Å². The van der Waals surface area contributed by atoms with Crippen molar-refractivity contribution in [1.29, 1.82) is 0 Å². The van der Waals surface area contributed by atoms with E-state index < -0.39 is 27.6 Å². The molecule has 0 aromatic heterocycles. The van der Waals surface area contributed by atoms with Gasteiger partial charge in [0.05, 0.1) is 0 Å². The Morgan fingerprint density at radius 3 is 2.33 bits per heavy atom. The Labute approximate surface area is 142 Å². The Morgan fingerprint density at radius 1 is 1.21 bits per heavy atom. The van der Waals surface area contributed by atoms with Gasteiger partial charge in [0.1, 0.15) is 5.75 Å². The molecule has 0 radical (unpaired) electrons. The number of sulfone groups is 1. The van der Waals surface area contributed by atoms with Crippen LogP contribution in [0.15, 0.2) is 18.2 Å². The first-order valence-corrected chi connectivity index (χ1v) is 9.52. The molecule has 1 aromatic carbocycles. The van der Waals surface area contributed by atoms with Crippen molar-refractivity contribution in [2.45, 2.75) is 20.8 Å². The highest BCUT2D eigenvalue weighted by Gasteiger charge is 2.14. The zero-order valence-corrected chi connectivity index (χ0v) is 15.1. The molecule has 0 spiro atoms. The Morgan fingerprint density at radius 2 is 1.83 bits per heavy atom. The molecule has 1 aromatic rings. The first-order valence-electron chi connectivity index (χ1n) is 7.46. The van der Waals surface area contributed by atoms with Crippen LogP contribution in [0.4, 0.5) is 16.2 Å². The Kier molecular flexibility index (Phi) is 7.02. The Balaban J connectivity index is 2.63. The molecule has 0 aliphatic rings. The van der Waals surface area contributed by atoms with Crippen molar-refractivity contribution in [2.24, 2.45) is 0 Å². The molecule has 24 heavy (non-hydrogen) atoms. The quantitative estimate of drug-likeness (QED) is 0.747. The molecule has 9 heteroatoms. The standard InChI is InChI=1S/C15H23N3O5S/c1-5-18(6-2)12-7-8-13(11(3)9-12)16-15(20)23-17-14(19)10-24(4,21)22/h7-9H,5-6,10H2,1-4H3,(H,16,20)(H,17,19). The highest BCUT2D eigenvalue weighted by Crippen LogP contribution is 2.22. The average Bonchev–Trinajstić information content (AvgIpc) is 2.47. The third-order valence-electron chi connectivity index (χ3n) is 3.23. The fourth-order valence-corrected chi connectivity index (χ4v) is 2.62. The van der Waals surface area contributed by atoms with E-state index in [4.69, 9.17) is 0 Å². The number of hydroxylamine groups is 1. The molecule has 0 atom stereocenters. The third kappa shape index (κ3) is 6.45. The molecule has 2 amide bonds. The van der Waals surface area contributed by atoms with Crippen LogP contribution in [0.5, 0.6) is 0 Å². The summed E-state index contributed by atoms with van der Waals surface area (Å²) < 4.78 is 21.9. The van der Waals surface area contributed by atoms with Crippen molar-refractivity contribution in [2.75, 3.05) is 35.3 Å². The summed E-state index contributed by atoms with van der Waals surface area (Å²) in [5, 5.41) is 2.49. The molecule has 8 nitrogen and oxygen atoms in total. The van der Waals surface area contributed by atoms with E-state index in [1.54, 1.807) is 11.5 Å². The van der Waals surface area contributed by atoms with Crippen LogP contribution in [-0.4, -0.2) is 45.5 Å². The average molecular weight is 357 g/mol. The van der Waals surface area contributed by atoms with E-state index in [9.17, 15) is 18.0 Å².